The predicted octanol–water partition coefficient (Wildman–Crippen LogP) is 0.832. The Hall–Kier alpha value is -0.750. The lowest BCUT2D eigenvalue weighted by Gasteiger charge is -2.29. The van der Waals surface area contributed by atoms with E-state index >= 15 is 0 Å². The van der Waals surface area contributed by atoms with Gasteiger partial charge in [0, 0.05) is 13.0 Å². The molecule has 1 amide bonds. The largest absolute Gasteiger partial charge is 0.355 e. The molecule has 1 unspecified atom stereocenters. The molecule has 0 aliphatic carbocycles. The Morgan fingerprint density at radius 3 is 2.68 bits per heavy atom. The Morgan fingerprint density at radius 2 is 2.11 bits per heavy atom. The second-order valence-corrected chi connectivity index (χ2v) is 5.82. The van der Waals surface area contributed by atoms with Gasteiger partial charge in [-0.1, -0.05) is 0 Å². The van der Waals surface area contributed by atoms with Crippen molar-refractivity contribution in [2.24, 2.45) is 5.92 Å². The van der Waals surface area contributed by atoms with Crippen LogP contribution in [0.3, 0.4) is 0 Å². The van der Waals surface area contributed by atoms with Crippen LogP contribution in [0.25, 0.3) is 0 Å². The molecule has 0 aromatic heterocycles. The number of nitrogens with zero attached hydrogens (tertiary/aromatic N) is 1. The summed E-state index contributed by atoms with van der Waals surface area (Å²) >= 11 is 0. The van der Waals surface area contributed by atoms with Crippen molar-refractivity contribution in [3.05, 3.63) is 0 Å². The number of alkyl halides is 2. The third-order valence-electron chi connectivity index (χ3n) is 4.12. The number of rotatable bonds is 4. The molecule has 0 radical (unpaired) electrons. The Bertz CT molecular complexity index is 317. The molecule has 0 saturated carbocycles. The molecule has 2 heterocycles. The normalized spacial score (nSPS) is 28.5. The zero-order chi connectivity index (χ0) is 13.9. The molecule has 6 heteroatoms. The van der Waals surface area contributed by atoms with E-state index < -0.39 is 12.0 Å². The number of halogens is 2. The summed E-state index contributed by atoms with van der Waals surface area (Å²) in [5.74, 6) is -2.38. The van der Waals surface area contributed by atoms with Gasteiger partial charge in [-0.3, -0.25) is 10.1 Å². The highest BCUT2D eigenvalue weighted by Gasteiger charge is 2.42. The Labute approximate surface area is 112 Å². The maximum atomic E-state index is 13.0. The first-order chi connectivity index (χ1) is 8.96. The Balaban J connectivity index is 1.62. The van der Waals surface area contributed by atoms with Gasteiger partial charge in [-0.05, 0) is 45.3 Å². The summed E-state index contributed by atoms with van der Waals surface area (Å²) in [6.45, 7) is 2.42. The summed E-state index contributed by atoms with van der Waals surface area (Å²) < 4.78 is 25.9. The molecule has 4 nitrogen and oxygen atoms in total. The van der Waals surface area contributed by atoms with E-state index in [2.05, 4.69) is 22.6 Å². The molecule has 0 aromatic rings. The molecule has 19 heavy (non-hydrogen) atoms. The minimum atomic E-state index is -2.74. The van der Waals surface area contributed by atoms with Crippen LogP contribution in [0.2, 0.25) is 0 Å². The van der Waals surface area contributed by atoms with Gasteiger partial charge < -0.3 is 10.2 Å². The lowest BCUT2D eigenvalue weighted by atomic mass is 9.94. The SMILES string of the molecule is CN1CCC(CCNC(=O)C2CC(F)(F)CN2)CC1. The number of amides is 1. The molecule has 1 atom stereocenters. The second kappa shape index (κ2) is 6.13. The number of carbonyl (C=O) groups is 1. The molecular formula is C13H23F2N3O. The fraction of sp³-hybridized carbons (Fsp3) is 0.923. The number of carbonyl (C=O) groups excluding carboxylic acids is 1. The summed E-state index contributed by atoms with van der Waals surface area (Å²) in [6.07, 6.45) is 2.88. The van der Waals surface area contributed by atoms with Crippen LogP contribution in [0, 0.1) is 5.92 Å². The molecule has 110 valence electrons. The fourth-order valence-corrected chi connectivity index (χ4v) is 2.77. The van der Waals surface area contributed by atoms with Crippen LogP contribution in [0.15, 0.2) is 0 Å². The first-order valence-electron chi connectivity index (χ1n) is 7.04. The molecule has 2 fully saturated rings. The van der Waals surface area contributed by atoms with Gasteiger partial charge in [0.15, 0.2) is 0 Å². The van der Waals surface area contributed by atoms with Crippen molar-refractivity contribution >= 4 is 5.91 Å². The van der Waals surface area contributed by atoms with Gasteiger partial charge in [0.05, 0.1) is 12.6 Å². The van der Waals surface area contributed by atoms with E-state index in [9.17, 15) is 13.6 Å². The highest BCUT2D eigenvalue weighted by molar-refractivity contribution is 5.82. The second-order valence-electron chi connectivity index (χ2n) is 5.82. The molecule has 0 aromatic carbocycles. The topological polar surface area (TPSA) is 44.4 Å². The lowest BCUT2D eigenvalue weighted by Crippen LogP contribution is -2.41. The van der Waals surface area contributed by atoms with Crippen molar-refractivity contribution in [2.45, 2.75) is 37.6 Å². The minimum Gasteiger partial charge on any atom is -0.355 e. The van der Waals surface area contributed by atoms with E-state index in [0.29, 0.717) is 12.5 Å². The quantitative estimate of drug-likeness (QED) is 0.799. The highest BCUT2D eigenvalue weighted by Crippen LogP contribution is 2.25. The van der Waals surface area contributed by atoms with Gasteiger partial charge in [0.1, 0.15) is 0 Å². The number of likely N-dealkylation sites (tertiary alicyclic amines) is 1. The molecule has 2 aliphatic rings. The Kier molecular flexibility index (Phi) is 4.73. The monoisotopic (exact) mass is 275 g/mol. The van der Waals surface area contributed by atoms with Gasteiger partial charge in [-0.15, -0.1) is 0 Å². The number of hydrogen-bond donors (Lipinski definition) is 2. The van der Waals surface area contributed by atoms with Crippen LogP contribution in [0.1, 0.15) is 25.7 Å². The maximum Gasteiger partial charge on any atom is 0.262 e. The molecule has 0 bridgehead atoms. The van der Waals surface area contributed by atoms with Crippen LogP contribution in [-0.4, -0.2) is 56.0 Å². The zero-order valence-electron chi connectivity index (χ0n) is 11.4. The van der Waals surface area contributed by atoms with Gasteiger partial charge in [-0.2, -0.15) is 0 Å². The van der Waals surface area contributed by atoms with Crippen LogP contribution in [0.4, 0.5) is 8.78 Å². The van der Waals surface area contributed by atoms with E-state index in [0.717, 1.165) is 32.4 Å². The number of nitrogens with one attached hydrogen (secondary N) is 2. The van der Waals surface area contributed by atoms with Crippen molar-refractivity contribution in [2.75, 3.05) is 33.2 Å². The summed E-state index contributed by atoms with van der Waals surface area (Å²) in [5, 5.41) is 5.34. The summed E-state index contributed by atoms with van der Waals surface area (Å²) in [6, 6.07) is -0.729. The van der Waals surface area contributed by atoms with E-state index in [1.54, 1.807) is 0 Å². The molecule has 2 rings (SSSR count). The summed E-state index contributed by atoms with van der Waals surface area (Å²) in [4.78, 5) is 14.0. The standard InChI is InChI=1S/C13H23F2N3O/c1-18-6-3-10(4-7-18)2-5-16-12(19)11-8-13(14,15)9-17-11/h10-11,17H,2-9H2,1H3,(H,16,19). The van der Waals surface area contributed by atoms with E-state index in [1.807, 2.05) is 0 Å². The molecule has 2 N–H and O–H groups in total. The van der Waals surface area contributed by atoms with Crippen LogP contribution >= 0.6 is 0 Å². The van der Waals surface area contributed by atoms with E-state index in [4.69, 9.17) is 0 Å². The fourth-order valence-electron chi connectivity index (χ4n) is 2.77. The van der Waals surface area contributed by atoms with E-state index in [1.165, 1.54) is 0 Å². The summed E-state index contributed by atoms with van der Waals surface area (Å²) in [5.41, 5.74) is 0. The number of hydrogen-bond acceptors (Lipinski definition) is 3. The van der Waals surface area contributed by atoms with Crippen LogP contribution in [0.5, 0.6) is 0 Å². The molecule has 0 spiro atoms. The maximum absolute atomic E-state index is 13.0. The highest BCUT2D eigenvalue weighted by atomic mass is 19.3. The smallest absolute Gasteiger partial charge is 0.262 e. The lowest BCUT2D eigenvalue weighted by molar-refractivity contribution is -0.123. The third-order valence-corrected chi connectivity index (χ3v) is 4.12. The predicted molar refractivity (Wildman–Crippen MR) is 69.2 cm³/mol. The van der Waals surface area contributed by atoms with Crippen molar-refractivity contribution in [1.82, 2.24) is 15.5 Å². The first-order valence-corrected chi connectivity index (χ1v) is 7.04. The van der Waals surface area contributed by atoms with Crippen molar-refractivity contribution in [1.29, 1.82) is 0 Å². The zero-order valence-corrected chi connectivity index (χ0v) is 11.4. The van der Waals surface area contributed by atoms with Gasteiger partial charge in [0.25, 0.3) is 5.92 Å². The van der Waals surface area contributed by atoms with E-state index in [-0.39, 0.29) is 18.9 Å². The van der Waals surface area contributed by atoms with Crippen molar-refractivity contribution in [3.63, 3.8) is 0 Å². The molecule has 2 aliphatic heterocycles. The minimum absolute atomic E-state index is 0.287. The molecular weight excluding hydrogens is 252 g/mol. The van der Waals surface area contributed by atoms with Crippen molar-refractivity contribution < 1.29 is 13.6 Å². The number of piperidine rings is 1. The third kappa shape index (κ3) is 4.38. The van der Waals surface area contributed by atoms with Crippen molar-refractivity contribution in [3.8, 4) is 0 Å². The van der Waals surface area contributed by atoms with Crippen LogP contribution < -0.4 is 10.6 Å². The average Bonchev–Trinajstić information content (AvgIpc) is 2.72. The summed E-state index contributed by atoms with van der Waals surface area (Å²) in [7, 11) is 2.12. The van der Waals surface area contributed by atoms with Gasteiger partial charge >= 0.3 is 0 Å². The average molecular weight is 275 g/mol. The van der Waals surface area contributed by atoms with Gasteiger partial charge in [0.2, 0.25) is 5.91 Å². The Morgan fingerprint density at radius 1 is 1.42 bits per heavy atom. The molecule has 2 saturated heterocycles. The van der Waals surface area contributed by atoms with Gasteiger partial charge in [-0.25, -0.2) is 8.78 Å². The first kappa shape index (κ1) is 14.7. The van der Waals surface area contributed by atoms with Crippen LogP contribution in [-0.2, 0) is 4.79 Å².